The Labute approximate surface area is 268 Å². The molecule has 0 heterocycles. The number of hydrogen-bond donors (Lipinski definition) is 0. The molecule has 0 aliphatic carbocycles. The Morgan fingerprint density at radius 2 is 0.500 bits per heavy atom. The number of halogens is 1. The maximum absolute atomic E-state index is 2.24. The average Bonchev–Trinajstić information content (AvgIpc) is 3.01. The van der Waals surface area contributed by atoms with E-state index < -0.39 is 15.8 Å². The van der Waals surface area contributed by atoms with E-state index >= 15 is 0 Å². The largest absolute Gasteiger partial charge is 0.107 e. The number of rotatable bonds is 6. The summed E-state index contributed by atoms with van der Waals surface area (Å²) < 4.78 is 0. The summed E-state index contributed by atoms with van der Waals surface area (Å²) in [5.41, 5.74) is 0. The average molecular weight is 717 g/mol. The van der Waals surface area contributed by atoms with E-state index in [-0.39, 0.29) is 41.0 Å². The Hall–Kier alpha value is -2.57. The Bertz CT molecular complexity index is 1180. The SMILES string of the molecule is I.[Cu].c1ccc(P(c2ccccc2)c2ccccc2)cc1.c1ccc([PH+](c2ccccc2)c2ccccc2)cc1. The van der Waals surface area contributed by atoms with Gasteiger partial charge in [-0.1, -0.05) is 146 Å². The van der Waals surface area contributed by atoms with Crippen molar-refractivity contribution in [2.45, 2.75) is 0 Å². The standard InChI is InChI=1S/2C18H15P.Cu.HI/c2*1-4-10-16(11-5-1)19(17-12-6-2-7-13-17)18-14-8-3-9-15-18;;/h2*1-15H;;1H/p+1. The molecule has 6 rings (SSSR count). The van der Waals surface area contributed by atoms with E-state index in [1.165, 1.54) is 31.8 Å². The maximum Gasteiger partial charge on any atom is 0.102 e. The predicted octanol–water partition coefficient (Wildman–Crippen LogP) is 7.24. The van der Waals surface area contributed by atoms with Crippen LogP contribution in [0.25, 0.3) is 0 Å². The van der Waals surface area contributed by atoms with Gasteiger partial charge in [0.25, 0.3) is 0 Å². The van der Waals surface area contributed by atoms with Crippen molar-refractivity contribution in [2.75, 3.05) is 0 Å². The zero-order chi connectivity index (χ0) is 25.8. The summed E-state index contributed by atoms with van der Waals surface area (Å²) in [5.74, 6) is 0. The summed E-state index contributed by atoms with van der Waals surface area (Å²) in [6.07, 6.45) is 0. The molecular formula is C36H32CuIP2+. The second kappa shape index (κ2) is 17.3. The molecule has 6 aromatic rings. The van der Waals surface area contributed by atoms with Crippen LogP contribution in [0.15, 0.2) is 182 Å². The van der Waals surface area contributed by atoms with Gasteiger partial charge in [-0.05, 0) is 60.2 Å². The van der Waals surface area contributed by atoms with Crippen molar-refractivity contribution in [3.8, 4) is 0 Å². The molecule has 6 aromatic carbocycles. The van der Waals surface area contributed by atoms with Gasteiger partial charge < -0.3 is 0 Å². The zero-order valence-electron chi connectivity index (χ0n) is 22.0. The van der Waals surface area contributed by atoms with E-state index in [2.05, 4.69) is 182 Å². The summed E-state index contributed by atoms with van der Waals surface area (Å²) in [4.78, 5) is 0. The van der Waals surface area contributed by atoms with E-state index in [4.69, 9.17) is 0 Å². The molecule has 4 heteroatoms. The van der Waals surface area contributed by atoms with Crippen LogP contribution in [-0.4, -0.2) is 0 Å². The summed E-state index contributed by atoms with van der Waals surface area (Å²) in [5, 5.41) is 8.50. The molecule has 0 bridgehead atoms. The molecule has 0 aromatic heterocycles. The van der Waals surface area contributed by atoms with Crippen molar-refractivity contribution in [3.05, 3.63) is 182 Å². The third-order valence-electron chi connectivity index (χ3n) is 6.23. The van der Waals surface area contributed by atoms with Gasteiger partial charge in [0.1, 0.15) is 15.9 Å². The van der Waals surface area contributed by atoms with Crippen LogP contribution in [0.2, 0.25) is 0 Å². The van der Waals surface area contributed by atoms with Crippen LogP contribution in [0.3, 0.4) is 0 Å². The van der Waals surface area contributed by atoms with Crippen LogP contribution >= 0.6 is 39.8 Å². The fourth-order valence-electron chi connectivity index (χ4n) is 4.49. The summed E-state index contributed by atoms with van der Waals surface area (Å²) in [6, 6.07) is 64.8. The first-order valence-electron chi connectivity index (χ1n) is 12.9. The minimum atomic E-state index is -0.877. The first-order chi connectivity index (χ1) is 18.9. The van der Waals surface area contributed by atoms with Crippen molar-refractivity contribution in [3.63, 3.8) is 0 Å². The molecule has 0 aliphatic heterocycles. The Morgan fingerprint density at radius 3 is 0.725 bits per heavy atom. The number of hydrogen-bond acceptors (Lipinski definition) is 0. The van der Waals surface area contributed by atoms with Gasteiger partial charge in [0.2, 0.25) is 0 Å². The Kier molecular flexibility index (Phi) is 13.8. The van der Waals surface area contributed by atoms with E-state index in [1.807, 2.05) is 0 Å². The van der Waals surface area contributed by atoms with Gasteiger partial charge >= 0.3 is 0 Å². The van der Waals surface area contributed by atoms with Gasteiger partial charge in [0.05, 0.1) is 7.92 Å². The minimum absolute atomic E-state index is 0. The van der Waals surface area contributed by atoms with Crippen LogP contribution in [0.1, 0.15) is 0 Å². The van der Waals surface area contributed by atoms with E-state index in [0.717, 1.165) is 0 Å². The molecule has 0 aliphatic rings. The fourth-order valence-corrected chi connectivity index (χ4v) is 9.38. The van der Waals surface area contributed by atoms with E-state index in [9.17, 15) is 0 Å². The molecule has 40 heavy (non-hydrogen) atoms. The molecule has 0 unspecified atom stereocenters. The van der Waals surface area contributed by atoms with Crippen LogP contribution in [0, 0.1) is 0 Å². The number of benzene rings is 6. The second-order valence-corrected chi connectivity index (χ2v) is 13.5. The van der Waals surface area contributed by atoms with Crippen molar-refractivity contribution in [1.82, 2.24) is 0 Å². The monoisotopic (exact) mass is 716 g/mol. The fraction of sp³-hybridized carbons (Fsp3) is 0. The molecule has 0 atom stereocenters. The minimum Gasteiger partial charge on any atom is -0.107 e. The molecule has 0 saturated heterocycles. The summed E-state index contributed by atoms with van der Waals surface area (Å²) in [7, 11) is -1.32. The molecule has 0 spiro atoms. The smallest absolute Gasteiger partial charge is 0.102 e. The Morgan fingerprint density at radius 1 is 0.300 bits per heavy atom. The molecule has 1 radical (unpaired) electrons. The molecule has 0 amide bonds. The van der Waals surface area contributed by atoms with Gasteiger partial charge in [-0.15, -0.1) is 24.0 Å². The summed E-state index contributed by atoms with van der Waals surface area (Å²) in [6.45, 7) is 0. The topological polar surface area (TPSA) is 0 Å². The van der Waals surface area contributed by atoms with Crippen LogP contribution in [-0.2, 0) is 17.1 Å². The van der Waals surface area contributed by atoms with Crippen LogP contribution in [0.5, 0.6) is 0 Å². The van der Waals surface area contributed by atoms with Crippen LogP contribution < -0.4 is 31.8 Å². The normalized spacial score (nSPS) is 10.1. The van der Waals surface area contributed by atoms with E-state index in [0.29, 0.717) is 0 Å². The predicted molar refractivity (Wildman–Crippen MR) is 187 cm³/mol. The van der Waals surface area contributed by atoms with Gasteiger partial charge in [-0.3, -0.25) is 0 Å². The van der Waals surface area contributed by atoms with Gasteiger partial charge in [0, 0.05) is 17.1 Å². The molecule has 0 nitrogen and oxygen atoms in total. The molecule has 0 saturated carbocycles. The van der Waals surface area contributed by atoms with Crippen LogP contribution in [0.4, 0.5) is 0 Å². The van der Waals surface area contributed by atoms with Gasteiger partial charge in [-0.2, -0.15) is 0 Å². The molecule has 0 fully saturated rings. The van der Waals surface area contributed by atoms with Crippen molar-refractivity contribution in [2.24, 2.45) is 0 Å². The maximum atomic E-state index is 2.24. The molecule has 203 valence electrons. The quantitative estimate of drug-likeness (QED) is 0.0970. The zero-order valence-corrected chi connectivity index (χ0v) is 27.1. The van der Waals surface area contributed by atoms with Crippen molar-refractivity contribution in [1.29, 1.82) is 0 Å². The van der Waals surface area contributed by atoms with E-state index in [1.54, 1.807) is 0 Å². The third kappa shape index (κ3) is 8.71. The van der Waals surface area contributed by atoms with Gasteiger partial charge in [-0.25, -0.2) is 0 Å². The third-order valence-corrected chi connectivity index (χ3v) is 11.4. The molecule has 0 N–H and O–H groups in total. The van der Waals surface area contributed by atoms with Crippen molar-refractivity contribution >= 4 is 71.6 Å². The first kappa shape index (κ1) is 32.0. The molecular weight excluding hydrogens is 685 g/mol. The van der Waals surface area contributed by atoms with Crippen molar-refractivity contribution < 1.29 is 17.1 Å². The van der Waals surface area contributed by atoms with Gasteiger partial charge in [0.15, 0.2) is 0 Å². The first-order valence-corrected chi connectivity index (χ1v) is 15.7. The summed E-state index contributed by atoms with van der Waals surface area (Å²) >= 11 is 0. The Balaban J connectivity index is 0.000000210. The second-order valence-electron chi connectivity index (χ2n) is 8.82.